The monoisotopic (exact) mass is 326 g/mol. The van der Waals surface area contributed by atoms with E-state index >= 15 is 0 Å². The molecule has 2 aromatic carbocycles. The number of aryl methyl sites for hydroxylation is 2. The van der Waals surface area contributed by atoms with Crippen molar-refractivity contribution >= 4 is 32.6 Å². The van der Waals surface area contributed by atoms with Crippen molar-refractivity contribution in [1.82, 2.24) is 4.98 Å². The number of benzene rings is 2. The van der Waals surface area contributed by atoms with Gasteiger partial charge in [0.15, 0.2) is 5.13 Å². The van der Waals surface area contributed by atoms with Gasteiger partial charge in [-0.05, 0) is 48.7 Å². The molecule has 0 aliphatic carbocycles. The molecule has 0 saturated heterocycles. The van der Waals surface area contributed by atoms with Gasteiger partial charge < -0.3 is 10.1 Å². The SMILES string of the molecule is COc1ccc(CC(=O)Nc2nc3c(C)cc(C)cc3s2)cc1. The lowest BCUT2D eigenvalue weighted by molar-refractivity contribution is -0.115. The maximum absolute atomic E-state index is 12.2. The Morgan fingerprint density at radius 1 is 1.22 bits per heavy atom. The van der Waals surface area contributed by atoms with Crippen molar-refractivity contribution in [3.63, 3.8) is 0 Å². The summed E-state index contributed by atoms with van der Waals surface area (Å²) >= 11 is 1.51. The Morgan fingerprint density at radius 3 is 2.65 bits per heavy atom. The molecular formula is C18H18N2O2S. The highest BCUT2D eigenvalue weighted by Crippen LogP contribution is 2.29. The number of hydrogen-bond donors (Lipinski definition) is 1. The van der Waals surface area contributed by atoms with E-state index in [1.807, 2.05) is 31.2 Å². The summed E-state index contributed by atoms with van der Waals surface area (Å²) in [4.78, 5) is 16.7. The molecule has 4 nitrogen and oxygen atoms in total. The largest absolute Gasteiger partial charge is 0.497 e. The van der Waals surface area contributed by atoms with Gasteiger partial charge in [-0.15, -0.1) is 0 Å². The van der Waals surface area contributed by atoms with Gasteiger partial charge in [-0.2, -0.15) is 0 Å². The number of nitrogens with zero attached hydrogens (tertiary/aromatic N) is 1. The standard InChI is InChI=1S/C18H18N2O2S/c1-11-8-12(2)17-15(9-11)23-18(20-17)19-16(21)10-13-4-6-14(22-3)7-5-13/h4-9H,10H2,1-3H3,(H,19,20,21). The van der Waals surface area contributed by atoms with Crippen LogP contribution in [0.4, 0.5) is 5.13 Å². The second kappa shape index (κ2) is 6.38. The molecule has 0 aliphatic rings. The summed E-state index contributed by atoms with van der Waals surface area (Å²) in [6.07, 6.45) is 0.317. The molecule has 5 heteroatoms. The van der Waals surface area contributed by atoms with Crippen LogP contribution in [0.3, 0.4) is 0 Å². The summed E-state index contributed by atoms with van der Waals surface area (Å²) in [5.41, 5.74) is 4.23. The minimum atomic E-state index is -0.0661. The van der Waals surface area contributed by atoms with Crippen molar-refractivity contribution in [2.75, 3.05) is 12.4 Å². The van der Waals surface area contributed by atoms with Crippen LogP contribution in [0.5, 0.6) is 5.75 Å². The first-order valence-corrected chi connectivity index (χ1v) is 8.17. The molecule has 0 bridgehead atoms. The van der Waals surface area contributed by atoms with Crippen molar-refractivity contribution in [3.8, 4) is 5.75 Å². The van der Waals surface area contributed by atoms with Crippen LogP contribution in [0, 0.1) is 13.8 Å². The Balaban J connectivity index is 1.73. The zero-order valence-corrected chi connectivity index (χ0v) is 14.2. The third kappa shape index (κ3) is 3.51. The number of methoxy groups -OCH3 is 1. The van der Waals surface area contributed by atoms with E-state index in [2.05, 4.69) is 29.4 Å². The average Bonchev–Trinajstić information content (AvgIpc) is 2.90. The Bertz CT molecular complexity index is 853. The van der Waals surface area contributed by atoms with E-state index < -0.39 is 0 Å². The van der Waals surface area contributed by atoms with E-state index in [0.717, 1.165) is 27.1 Å². The van der Waals surface area contributed by atoms with E-state index in [9.17, 15) is 4.79 Å². The van der Waals surface area contributed by atoms with Crippen LogP contribution in [-0.4, -0.2) is 18.0 Å². The van der Waals surface area contributed by atoms with E-state index in [4.69, 9.17) is 4.74 Å². The van der Waals surface area contributed by atoms with Crippen LogP contribution in [0.2, 0.25) is 0 Å². The molecule has 3 rings (SSSR count). The first-order valence-electron chi connectivity index (χ1n) is 7.36. The van der Waals surface area contributed by atoms with Gasteiger partial charge in [-0.1, -0.05) is 29.5 Å². The molecular weight excluding hydrogens is 308 g/mol. The first-order chi connectivity index (χ1) is 11.0. The predicted octanol–water partition coefficient (Wildman–Crippen LogP) is 4.10. The maximum Gasteiger partial charge on any atom is 0.230 e. The number of aromatic nitrogens is 1. The fourth-order valence-corrected chi connectivity index (χ4v) is 3.57. The van der Waals surface area contributed by atoms with Crippen LogP contribution >= 0.6 is 11.3 Å². The minimum absolute atomic E-state index is 0.0661. The van der Waals surface area contributed by atoms with Crippen LogP contribution in [0.15, 0.2) is 36.4 Å². The molecule has 1 aromatic heterocycles. The number of carbonyl (C=O) groups excluding carboxylic acids is 1. The zero-order chi connectivity index (χ0) is 16.4. The summed E-state index contributed by atoms with van der Waals surface area (Å²) in [7, 11) is 1.62. The van der Waals surface area contributed by atoms with Gasteiger partial charge in [-0.25, -0.2) is 4.98 Å². The molecule has 0 spiro atoms. The Labute approximate surface area is 139 Å². The van der Waals surface area contributed by atoms with Gasteiger partial charge in [0.05, 0.1) is 23.7 Å². The molecule has 0 fully saturated rings. The average molecular weight is 326 g/mol. The first kappa shape index (κ1) is 15.5. The normalized spacial score (nSPS) is 10.7. The number of thiazole rings is 1. The van der Waals surface area contributed by atoms with Crippen LogP contribution in [-0.2, 0) is 11.2 Å². The third-order valence-electron chi connectivity index (χ3n) is 3.60. The van der Waals surface area contributed by atoms with E-state index in [1.54, 1.807) is 7.11 Å². The van der Waals surface area contributed by atoms with Gasteiger partial charge in [-0.3, -0.25) is 4.79 Å². The fourth-order valence-electron chi connectivity index (χ4n) is 2.52. The molecule has 3 aromatic rings. The van der Waals surface area contributed by atoms with Crippen molar-refractivity contribution in [1.29, 1.82) is 0 Å². The van der Waals surface area contributed by atoms with Crippen LogP contribution < -0.4 is 10.1 Å². The number of carbonyl (C=O) groups is 1. The molecule has 1 amide bonds. The molecule has 1 heterocycles. The summed E-state index contributed by atoms with van der Waals surface area (Å²) in [6, 6.07) is 11.7. The van der Waals surface area contributed by atoms with Crippen molar-refractivity contribution in [2.24, 2.45) is 0 Å². The lowest BCUT2D eigenvalue weighted by Gasteiger charge is -2.03. The number of rotatable bonds is 4. The van der Waals surface area contributed by atoms with E-state index in [-0.39, 0.29) is 5.91 Å². The quantitative estimate of drug-likeness (QED) is 0.785. The second-order valence-corrected chi connectivity index (χ2v) is 6.55. The highest BCUT2D eigenvalue weighted by atomic mass is 32.1. The lowest BCUT2D eigenvalue weighted by atomic mass is 10.1. The Kier molecular flexibility index (Phi) is 4.30. The number of nitrogens with one attached hydrogen (secondary N) is 1. The topological polar surface area (TPSA) is 51.2 Å². The number of fused-ring (bicyclic) bond motifs is 1. The van der Waals surface area contributed by atoms with Gasteiger partial charge in [0.2, 0.25) is 5.91 Å². The van der Waals surface area contributed by atoms with Gasteiger partial charge in [0.1, 0.15) is 5.75 Å². The summed E-state index contributed by atoms with van der Waals surface area (Å²) in [5, 5.41) is 3.54. The van der Waals surface area contributed by atoms with Crippen molar-refractivity contribution in [2.45, 2.75) is 20.3 Å². The predicted molar refractivity (Wildman–Crippen MR) is 94.4 cm³/mol. The lowest BCUT2D eigenvalue weighted by Crippen LogP contribution is -2.14. The molecule has 23 heavy (non-hydrogen) atoms. The second-order valence-electron chi connectivity index (χ2n) is 5.52. The number of hydrogen-bond acceptors (Lipinski definition) is 4. The fraction of sp³-hybridized carbons (Fsp3) is 0.222. The van der Waals surface area contributed by atoms with Gasteiger partial charge >= 0.3 is 0 Å². The van der Waals surface area contributed by atoms with Crippen molar-refractivity contribution in [3.05, 3.63) is 53.1 Å². The summed E-state index contributed by atoms with van der Waals surface area (Å²) in [5.74, 6) is 0.717. The smallest absolute Gasteiger partial charge is 0.230 e. The molecule has 0 saturated carbocycles. The van der Waals surface area contributed by atoms with Gasteiger partial charge in [0.25, 0.3) is 0 Å². The number of amides is 1. The summed E-state index contributed by atoms with van der Waals surface area (Å²) < 4.78 is 6.21. The molecule has 118 valence electrons. The van der Waals surface area contributed by atoms with Crippen molar-refractivity contribution < 1.29 is 9.53 Å². The maximum atomic E-state index is 12.2. The number of ether oxygens (including phenoxy) is 1. The minimum Gasteiger partial charge on any atom is -0.497 e. The van der Waals surface area contributed by atoms with E-state index in [0.29, 0.717) is 11.6 Å². The molecule has 1 N–H and O–H groups in total. The highest BCUT2D eigenvalue weighted by Gasteiger charge is 2.10. The molecule has 0 aliphatic heterocycles. The Morgan fingerprint density at radius 2 is 1.96 bits per heavy atom. The van der Waals surface area contributed by atoms with Crippen LogP contribution in [0.25, 0.3) is 10.2 Å². The van der Waals surface area contributed by atoms with Crippen LogP contribution in [0.1, 0.15) is 16.7 Å². The number of anilines is 1. The molecule has 0 atom stereocenters. The third-order valence-corrected chi connectivity index (χ3v) is 4.52. The zero-order valence-electron chi connectivity index (χ0n) is 13.3. The van der Waals surface area contributed by atoms with Gasteiger partial charge in [0, 0.05) is 0 Å². The Hall–Kier alpha value is -2.40. The molecule has 0 radical (unpaired) electrons. The molecule has 0 unspecified atom stereocenters. The van der Waals surface area contributed by atoms with E-state index in [1.165, 1.54) is 16.9 Å². The summed E-state index contributed by atoms with van der Waals surface area (Å²) in [6.45, 7) is 4.10. The highest BCUT2D eigenvalue weighted by molar-refractivity contribution is 7.22.